The Morgan fingerprint density at radius 3 is 2.73 bits per heavy atom. The third-order valence-electron chi connectivity index (χ3n) is 4.28. The zero-order valence-corrected chi connectivity index (χ0v) is 15.6. The van der Waals surface area contributed by atoms with E-state index in [0.29, 0.717) is 12.3 Å². The fourth-order valence-corrected chi connectivity index (χ4v) is 2.68. The lowest BCUT2D eigenvalue weighted by molar-refractivity contribution is -0.116. The van der Waals surface area contributed by atoms with E-state index in [4.69, 9.17) is 4.74 Å². The van der Waals surface area contributed by atoms with Gasteiger partial charge in [-0.2, -0.15) is 5.10 Å². The van der Waals surface area contributed by atoms with Crippen molar-refractivity contribution in [2.24, 2.45) is 0 Å². The zero-order valence-electron chi connectivity index (χ0n) is 15.6. The van der Waals surface area contributed by atoms with Crippen molar-refractivity contribution in [1.82, 2.24) is 14.8 Å². The number of ether oxygens (including phenoxy) is 1. The monoisotopic (exact) mass is 352 g/mol. The highest BCUT2D eigenvalue weighted by molar-refractivity contribution is 5.92. The van der Waals surface area contributed by atoms with E-state index in [9.17, 15) is 4.79 Å². The number of rotatable bonds is 6. The Kier molecular flexibility index (Phi) is 5.21. The van der Waals surface area contributed by atoms with Crippen LogP contribution < -0.4 is 10.1 Å². The van der Waals surface area contributed by atoms with Gasteiger partial charge in [-0.25, -0.2) is 9.67 Å². The molecular weight excluding hydrogens is 328 g/mol. The standard InChI is InChI=1S/C20H24N4O2/c1-13(2)24-20-16(11-22-24)10-17(12-21-20)23-19(25)7-8-26-18-6-5-14(3)15(4)9-18/h5-6,9-13H,7-8H2,1-4H3,(H,23,25). The van der Waals surface area contributed by atoms with E-state index in [1.807, 2.05) is 35.9 Å². The van der Waals surface area contributed by atoms with Crippen molar-refractivity contribution >= 4 is 22.6 Å². The van der Waals surface area contributed by atoms with Crippen LogP contribution in [0.2, 0.25) is 0 Å². The van der Waals surface area contributed by atoms with Crippen LogP contribution in [-0.4, -0.2) is 27.3 Å². The molecule has 0 saturated heterocycles. The molecule has 0 spiro atoms. The quantitative estimate of drug-likeness (QED) is 0.727. The average molecular weight is 352 g/mol. The minimum absolute atomic E-state index is 0.105. The summed E-state index contributed by atoms with van der Waals surface area (Å²) < 4.78 is 7.52. The summed E-state index contributed by atoms with van der Waals surface area (Å²) in [6.07, 6.45) is 3.70. The first-order valence-electron chi connectivity index (χ1n) is 8.77. The molecule has 3 aromatic rings. The van der Waals surface area contributed by atoms with Gasteiger partial charge < -0.3 is 10.1 Å². The minimum atomic E-state index is -0.105. The Bertz CT molecular complexity index is 931. The topological polar surface area (TPSA) is 69.0 Å². The van der Waals surface area contributed by atoms with E-state index in [0.717, 1.165) is 16.8 Å². The highest BCUT2D eigenvalue weighted by atomic mass is 16.5. The van der Waals surface area contributed by atoms with E-state index in [1.54, 1.807) is 12.4 Å². The van der Waals surface area contributed by atoms with Crippen LogP contribution in [0.3, 0.4) is 0 Å². The molecule has 0 fully saturated rings. The molecule has 0 aliphatic heterocycles. The van der Waals surface area contributed by atoms with Gasteiger partial charge in [0.15, 0.2) is 5.65 Å². The largest absolute Gasteiger partial charge is 0.493 e. The Morgan fingerprint density at radius 2 is 2.00 bits per heavy atom. The number of hydrogen-bond acceptors (Lipinski definition) is 4. The number of nitrogens with zero attached hydrogens (tertiary/aromatic N) is 3. The average Bonchev–Trinajstić information content (AvgIpc) is 3.01. The number of amides is 1. The predicted molar refractivity (Wildman–Crippen MR) is 103 cm³/mol. The number of carbonyl (C=O) groups is 1. The van der Waals surface area contributed by atoms with Crippen LogP contribution in [0.1, 0.15) is 37.4 Å². The molecule has 1 aromatic carbocycles. The first-order chi connectivity index (χ1) is 12.4. The van der Waals surface area contributed by atoms with E-state index >= 15 is 0 Å². The molecule has 6 heteroatoms. The number of anilines is 1. The van der Waals surface area contributed by atoms with Crippen LogP contribution >= 0.6 is 0 Å². The SMILES string of the molecule is Cc1ccc(OCCC(=O)Nc2cnc3c(cnn3C(C)C)c2)cc1C. The molecule has 2 heterocycles. The molecule has 6 nitrogen and oxygen atoms in total. The van der Waals surface area contributed by atoms with Crippen molar-refractivity contribution in [1.29, 1.82) is 0 Å². The van der Waals surface area contributed by atoms with Crippen LogP contribution in [-0.2, 0) is 4.79 Å². The maximum absolute atomic E-state index is 12.1. The van der Waals surface area contributed by atoms with E-state index in [1.165, 1.54) is 11.1 Å². The van der Waals surface area contributed by atoms with Crippen molar-refractivity contribution in [3.63, 3.8) is 0 Å². The van der Waals surface area contributed by atoms with Crippen LogP contribution in [0.15, 0.2) is 36.7 Å². The molecule has 2 aromatic heterocycles. The Labute approximate surface area is 153 Å². The summed E-state index contributed by atoms with van der Waals surface area (Å²) >= 11 is 0. The van der Waals surface area contributed by atoms with Gasteiger partial charge in [0.05, 0.1) is 31.1 Å². The Morgan fingerprint density at radius 1 is 1.19 bits per heavy atom. The van der Waals surface area contributed by atoms with Crippen molar-refractivity contribution < 1.29 is 9.53 Å². The summed E-state index contributed by atoms with van der Waals surface area (Å²) in [6, 6.07) is 8.05. The van der Waals surface area contributed by atoms with Gasteiger partial charge in [0.2, 0.25) is 5.91 Å². The molecule has 1 N–H and O–H groups in total. The number of carbonyl (C=O) groups excluding carboxylic acids is 1. The second-order valence-corrected chi connectivity index (χ2v) is 6.71. The van der Waals surface area contributed by atoms with E-state index in [-0.39, 0.29) is 18.4 Å². The normalized spacial score (nSPS) is 11.1. The molecule has 136 valence electrons. The number of benzene rings is 1. The molecule has 0 saturated carbocycles. The zero-order chi connectivity index (χ0) is 18.7. The van der Waals surface area contributed by atoms with Crippen molar-refractivity contribution in [3.05, 3.63) is 47.8 Å². The Balaban J connectivity index is 1.56. The molecule has 1 amide bonds. The number of hydrogen-bond donors (Lipinski definition) is 1. The molecular formula is C20H24N4O2. The van der Waals surface area contributed by atoms with E-state index in [2.05, 4.69) is 36.2 Å². The second kappa shape index (κ2) is 7.56. The lowest BCUT2D eigenvalue weighted by atomic mass is 10.1. The minimum Gasteiger partial charge on any atom is -0.493 e. The van der Waals surface area contributed by atoms with Crippen molar-refractivity contribution in [3.8, 4) is 5.75 Å². The van der Waals surface area contributed by atoms with Gasteiger partial charge in [-0.1, -0.05) is 6.07 Å². The van der Waals surface area contributed by atoms with Crippen LogP contribution in [0, 0.1) is 13.8 Å². The highest BCUT2D eigenvalue weighted by Gasteiger charge is 2.09. The number of aryl methyl sites for hydroxylation is 2. The van der Waals surface area contributed by atoms with Gasteiger partial charge in [-0.3, -0.25) is 4.79 Å². The first-order valence-corrected chi connectivity index (χ1v) is 8.77. The Hall–Kier alpha value is -2.89. The number of pyridine rings is 1. The second-order valence-electron chi connectivity index (χ2n) is 6.71. The smallest absolute Gasteiger partial charge is 0.227 e. The number of nitrogens with one attached hydrogen (secondary N) is 1. The fraction of sp³-hybridized carbons (Fsp3) is 0.350. The summed E-state index contributed by atoms with van der Waals surface area (Å²) in [7, 11) is 0. The summed E-state index contributed by atoms with van der Waals surface area (Å²) in [5, 5.41) is 8.10. The molecule has 0 aliphatic rings. The summed E-state index contributed by atoms with van der Waals surface area (Å²) in [4.78, 5) is 16.5. The van der Waals surface area contributed by atoms with Crippen LogP contribution in [0.5, 0.6) is 5.75 Å². The number of fused-ring (bicyclic) bond motifs is 1. The maximum Gasteiger partial charge on any atom is 0.227 e. The highest BCUT2D eigenvalue weighted by Crippen LogP contribution is 2.19. The van der Waals surface area contributed by atoms with Gasteiger partial charge in [0, 0.05) is 11.4 Å². The van der Waals surface area contributed by atoms with Gasteiger partial charge >= 0.3 is 0 Å². The third kappa shape index (κ3) is 4.02. The molecule has 0 aliphatic carbocycles. The third-order valence-corrected chi connectivity index (χ3v) is 4.28. The van der Waals surface area contributed by atoms with Crippen LogP contribution in [0.4, 0.5) is 5.69 Å². The fourth-order valence-electron chi connectivity index (χ4n) is 2.68. The maximum atomic E-state index is 12.1. The molecule has 0 unspecified atom stereocenters. The molecule has 3 rings (SSSR count). The van der Waals surface area contributed by atoms with Crippen molar-refractivity contribution in [2.75, 3.05) is 11.9 Å². The van der Waals surface area contributed by atoms with Crippen LogP contribution in [0.25, 0.3) is 11.0 Å². The first kappa shape index (κ1) is 17.9. The predicted octanol–water partition coefficient (Wildman–Crippen LogP) is 4.04. The van der Waals surface area contributed by atoms with Crippen molar-refractivity contribution in [2.45, 2.75) is 40.2 Å². The summed E-state index contributed by atoms with van der Waals surface area (Å²) in [6.45, 7) is 8.54. The van der Waals surface area contributed by atoms with Gasteiger partial charge in [0.25, 0.3) is 0 Å². The van der Waals surface area contributed by atoms with Gasteiger partial charge in [0.1, 0.15) is 5.75 Å². The van der Waals surface area contributed by atoms with E-state index < -0.39 is 0 Å². The van der Waals surface area contributed by atoms with Gasteiger partial charge in [-0.15, -0.1) is 0 Å². The molecule has 26 heavy (non-hydrogen) atoms. The molecule has 0 bridgehead atoms. The molecule has 0 radical (unpaired) electrons. The summed E-state index contributed by atoms with van der Waals surface area (Å²) in [5.74, 6) is 0.677. The molecule has 0 atom stereocenters. The lowest BCUT2D eigenvalue weighted by Crippen LogP contribution is -2.15. The number of aromatic nitrogens is 3. The van der Waals surface area contributed by atoms with Gasteiger partial charge in [-0.05, 0) is 57.0 Å². The lowest BCUT2D eigenvalue weighted by Gasteiger charge is -2.09. The summed E-state index contributed by atoms with van der Waals surface area (Å²) in [5.41, 5.74) is 3.88.